The summed E-state index contributed by atoms with van der Waals surface area (Å²) in [6.07, 6.45) is -3.82. The fourth-order valence-corrected chi connectivity index (χ4v) is 0.835. The molecular formula is C6H2ClF3N2O. The zero-order valence-corrected chi connectivity index (χ0v) is 6.73. The molecule has 0 aliphatic rings. The van der Waals surface area contributed by atoms with Gasteiger partial charge in [0.2, 0.25) is 0 Å². The van der Waals surface area contributed by atoms with Gasteiger partial charge in [-0.2, -0.15) is 13.2 Å². The van der Waals surface area contributed by atoms with E-state index in [-0.39, 0.29) is 6.29 Å². The fraction of sp³-hybridized carbons (Fsp3) is 0.167. The van der Waals surface area contributed by atoms with Crippen LogP contribution in [0.2, 0.25) is 5.02 Å². The van der Waals surface area contributed by atoms with Gasteiger partial charge >= 0.3 is 6.18 Å². The van der Waals surface area contributed by atoms with E-state index in [0.717, 1.165) is 6.20 Å². The fourth-order valence-electron chi connectivity index (χ4n) is 0.636. The van der Waals surface area contributed by atoms with Crippen LogP contribution < -0.4 is 0 Å². The van der Waals surface area contributed by atoms with E-state index in [9.17, 15) is 18.0 Å². The highest BCUT2D eigenvalue weighted by Crippen LogP contribution is 2.32. The number of hydrogen-bond acceptors (Lipinski definition) is 3. The van der Waals surface area contributed by atoms with Gasteiger partial charge in [-0.3, -0.25) is 4.79 Å². The molecule has 0 spiro atoms. The summed E-state index contributed by atoms with van der Waals surface area (Å²) in [5.41, 5.74) is -1.30. The third-order valence-electron chi connectivity index (χ3n) is 1.14. The number of carbonyl (C=O) groups excluding carboxylic acids is 1. The van der Waals surface area contributed by atoms with Crippen LogP contribution in [0.15, 0.2) is 6.20 Å². The zero-order valence-electron chi connectivity index (χ0n) is 5.97. The van der Waals surface area contributed by atoms with Crippen molar-refractivity contribution in [1.29, 1.82) is 0 Å². The van der Waals surface area contributed by atoms with Crippen molar-refractivity contribution in [3.63, 3.8) is 0 Å². The second kappa shape index (κ2) is 3.29. The lowest BCUT2D eigenvalue weighted by molar-refractivity contribution is -0.141. The van der Waals surface area contributed by atoms with E-state index in [2.05, 4.69) is 9.97 Å². The van der Waals surface area contributed by atoms with Gasteiger partial charge < -0.3 is 0 Å². The predicted molar refractivity (Wildman–Crippen MR) is 37.4 cm³/mol. The number of carbonyl (C=O) groups is 1. The Bertz CT molecular complexity index is 339. The number of aromatic nitrogens is 2. The molecular weight excluding hydrogens is 209 g/mol. The zero-order chi connectivity index (χ0) is 10.1. The molecule has 3 nitrogen and oxygen atoms in total. The van der Waals surface area contributed by atoms with Crippen LogP contribution in [0, 0.1) is 0 Å². The molecule has 0 amide bonds. The molecule has 0 saturated heterocycles. The van der Waals surface area contributed by atoms with Crippen molar-refractivity contribution in [3.8, 4) is 0 Å². The Balaban J connectivity index is 3.27. The summed E-state index contributed by atoms with van der Waals surface area (Å²) < 4.78 is 36.2. The average molecular weight is 211 g/mol. The maximum atomic E-state index is 12.1. The lowest BCUT2D eigenvalue weighted by Gasteiger charge is -2.06. The average Bonchev–Trinajstić information content (AvgIpc) is 2.03. The molecule has 1 rings (SSSR count). The maximum Gasteiger partial charge on any atom is 0.434 e. The van der Waals surface area contributed by atoms with Crippen LogP contribution in [-0.2, 0) is 6.18 Å². The Labute approximate surface area is 75.6 Å². The quantitative estimate of drug-likeness (QED) is 0.666. The van der Waals surface area contributed by atoms with Gasteiger partial charge in [-0.15, -0.1) is 0 Å². The summed E-state index contributed by atoms with van der Waals surface area (Å²) in [6.45, 7) is 0. The van der Waals surface area contributed by atoms with E-state index in [1.165, 1.54) is 0 Å². The van der Waals surface area contributed by atoms with Crippen LogP contribution in [0.5, 0.6) is 0 Å². The highest BCUT2D eigenvalue weighted by atomic mass is 35.5. The van der Waals surface area contributed by atoms with Crippen LogP contribution in [0.3, 0.4) is 0 Å². The summed E-state index contributed by atoms with van der Waals surface area (Å²) >= 11 is 5.18. The Hall–Kier alpha value is -1.17. The van der Waals surface area contributed by atoms with Crippen LogP contribution in [0.1, 0.15) is 16.3 Å². The van der Waals surface area contributed by atoms with Gasteiger partial charge in [-0.05, 0) is 0 Å². The molecule has 1 aromatic rings. The van der Waals surface area contributed by atoms with Crippen LogP contribution in [-0.4, -0.2) is 16.3 Å². The summed E-state index contributed by atoms with van der Waals surface area (Å²) in [6, 6.07) is 0. The molecule has 0 bridgehead atoms. The first-order valence-electron chi connectivity index (χ1n) is 3.00. The molecule has 13 heavy (non-hydrogen) atoms. The van der Waals surface area contributed by atoms with E-state index < -0.39 is 22.7 Å². The lowest BCUT2D eigenvalue weighted by Crippen LogP contribution is -2.11. The molecule has 0 saturated carbocycles. The van der Waals surface area contributed by atoms with Crippen molar-refractivity contribution in [2.24, 2.45) is 0 Å². The second-order valence-corrected chi connectivity index (χ2v) is 2.45. The van der Waals surface area contributed by atoms with Crippen LogP contribution in [0.4, 0.5) is 13.2 Å². The molecule has 0 N–H and O–H groups in total. The standard InChI is InChI=1S/C6H2ClF3N2O/c7-3-1-11-4(2-13)12-5(3)6(8,9)10/h1-2H. The highest BCUT2D eigenvalue weighted by molar-refractivity contribution is 6.31. The summed E-state index contributed by atoms with van der Waals surface area (Å²) in [4.78, 5) is 16.2. The minimum atomic E-state index is -4.67. The van der Waals surface area contributed by atoms with Crippen molar-refractivity contribution in [3.05, 3.63) is 22.7 Å². The smallest absolute Gasteiger partial charge is 0.294 e. The van der Waals surface area contributed by atoms with Crippen molar-refractivity contribution in [2.45, 2.75) is 6.18 Å². The van der Waals surface area contributed by atoms with Gasteiger partial charge in [0.05, 0.1) is 11.2 Å². The molecule has 0 aliphatic carbocycles. The van der Waals surface area contributed by atoms with E-state index in [1.807, 2.05) is 0 Å². The first-order valence-corrected chi connectivity index (χ1v) is 3.38. The molecule has 0 aromatic carbocycles. The Morgan fingerprint density at radius 3 is 2.54 bits per heavy atom. The minimum absolute atomic E-state index is 0.117. The first kappa shape index (κ1) is 9.91. The summed E-state index contributed by atoms with van der Waals surface area (Å²) in [5.74, 6) is -0.545. The normalized spacial score (nSPS) is 11.4. The van der Waals surface area contributed by atoms with Crippen LogP contribution >= 0.6 is 11.6 Å². The van der Waals surface area contributed by atoms with Gasteiger partial charge in [0, 0.05) is 0 Å². The molecule has 70 valence electrons. The Morgan fingerprint density at radius 1 is 1.46 bits per heavy atom. The van der Waals surface area contributed by atoms with Gasteiger partial charge in [-0.25, -0.2) is 9.97 Å². The molecule has 0 atom stereocenters. The molecule has 7 heteroatoms. The Morgan fingerprint density at radius 2 is 2.08 bits per heavy atom. The van der Waals surface area contributed by atoms with E-state index >= 15 is 0 Å². The van der Waals surface area contributed by atoms with Gasteiger partial charge in [0.15, 0.2) is 17.8 Å². The lowest BCUT2D eigenvalue weighted by atomic mass is 10.4. The number of nitrogens with zero attached hydrogens (tertiary/aromatic N) is 2. The monoisotopic (exact) mass is 210 g/mol. The van der Waals surface area contributed by atoms with Gasteiger partial charge in [0.25, 0.3) is 0 Å². The third kappa shape index (κ3) is 2.15. The van der Waals surface area contributed by atoms with Crippen molar-refractivity contribution >= 4 is 17.9 Å². The van der Waals surface area contributed by atoms with Gasteiger partial charge in [0.1, 0.15) is 0 Å². The van der Waals surface area contributed by atoms with E-state index in [4.69, 9.17) is 11.6 Å². The Kier molecular flexibility index (Phi) is 2.51. The summed E-state index contributed by atoms with van der Waals surface area (Å²) in [5, 5.41) is -0.627. The van der Waals surface area contributed by atoms with Crippen molar-refractivity contribution in [2.75, 3.05) is 0 Å². The molecule has 0 unspecified atom stereocenters. The number of alkyl halides is 3. The third-order valence-corrected chi connectivity index (χ3v) is 1.41. The molecule has 0 aliphatic heterocycles. The second-order valence-electron chi connectivity index (χ2n) is 2.04. The molecule has 0 radical (unpaired) electrons. The molecule has 0 fully saturated rings. The number of aldehydes is 1. The SMILES string of the molecule is O=Cc1ncc(Cl)c(C(F)(F)F)n1. The maximum absolute atomic E-state index is 12.1. The number of hydrogen-bond donors (Lipinski definition) is 0. The number of rotatable bonds is 1. The minimum Gasteiger partial charge on any atom is -0.294 e. The first-order chi connectivity index (χ1) is 5.95. The van der Waals surface area contributed by atoms with E-state index in [1.54, 1.807) is 0 Å². The summed E-state index contributed by atoms with van der Waals surface area (Å²) in [7, 11) is 0. The largest absolute Gasteiger partial charge is 0.434 e. The van der Waals surface area contributed by atoms with Gasteiger partial charge in [-0.1, -0.05) is 11.6 Å². The topological polar surface area (TPSA) is 42.9 Å². The predicted octanol–water partition coefficient (Wildman–Crippen LogP) is 1.96. The number of halogens is 4. The highest BCUT2D eigenvalue weighted by Gasteiger charge is 2.35. The molecule has 1 aromatic heterocycles. The van der Waals surface area contributed by atoms with Crippen molar-refractivity contribution < 1.29 is 18.0 Å². The van der Waals surface area contributed by atoms with Crippen LogP contribution in [0.25, 0.3) is 0 Å². The molecule has 1 heterocycles. The van der Waals surface area contributed by atoms with E-state index in [0.29, 0.717) is 0 Å². The van der Waals surface area contributed by atoms with Crippen molar-refractivity contribution in [1.82, 2.24) is 9.97 Å².